The van der Waals surface area contributed by atoms with Crippen LogP contribution in [0.2, 0.25) is 0 Å². The van der Waals surface area contributed by atoms with Gasteiger partial charge in [-0.25, -0.2) is 4.98 Å². The number of aromatic nitrogens is 1. The molecule has 0 radical (unpaired) electrons. The molecule has 1 aliphatic heterocycles. The van der Waals surface area contributed by atoms with E-state index in [0.29, 0.717) is 5.69 Å². The fourth-order valence-corrected chi connectivity index (χ4v) is 2.20. The fourth-order valence-electron chi connectivity index (χ4n) is 2.20. The number of nitrogens with one attached hydrogen (secondary N) is 1. The average Bonchev–Trinajstić information content (AvgIpc) is 2.39. The molecule has 1 aromatic rings. The Morgan fingerprint density at radius 2 is 2.00 bits per heavy atom. The monoisotopic (exact) mass is 247 g/mol. The van der Waals surface area contributed by atoms with Crippen LogP contribution in [0.1, 0.15) is 43.6 Å². The first-order valence-corrected chi connectivity index (χ1v) is 6.68. The molecular formula is C14H21N3O. The van der Waals surface area contributed by atoms with Gasteiger partial charge < -0.3 is 10.2 Å². The van der Waals surface area contributed by atoms with Crippen molar-refractivity contribution in [3.8, 4) is 0 Å². The molecule has 18 heavy (non-hydrogen) atoms. The van der Waals surface area contributed by atoms with Crippen LogP contribution in [0, 0.1) is 0 Å². The van der Waals surface area contributed by atoms with Crippen LogP contribution in [0.4, 0.5) is 5.69 Å². The lowest BCUT2D eigenvalue weighted by Gasteiger charge is -2.28. The summed E-state index contributed by atoms with van der Waals surface area (Å²) in [5.74, 6) is -0.102. The summed E-state index contributed by atoms with van der Waals surface area (Å²) in [6.45, 7) is 6.08. The summed E-state index contributed by atoms with van der Waals surface area (Å²) < 4.78 is 0. The third-order valence-corrected chi connectivity index (χ3v) is 3.12. The molecule has 2 heterocycles. The predicted octanol–water partition coefficient (Wildman–Crippen LogP) is 2.21. The minimum Gasteiger partial charge on any atom is -0.370 e. The van der Waals surface area contributed by atoms with E-state index in [1.807, 2.05) is 26.0 Å². The zero-order valence-corrected chi connectivity index (χ0v) is 11.1. The van der Waals surface area contributed by atoms with Crippen molar-refractivity contribution in [3.63, 3.8) is 0 Å². The summed E-state index contributed by atoms with van der Waals surface area (Å²) in [5.41, 5.74) is 1.61. The Kier molecular flexibility index (Phi) is 4.18. The molecule has 0 spiro atoms. The van der Waals surface area contributed by atoms with Crippen LogP contribution in [-0.4, -0.2) is 30.0 Å². The highest BCUT2D eigenvalue weighted by Gasteiger charge is 2.13. The molecule has 1 amide bonds. The smallest absolute Gasteiger partial charge is 0.270 e. The number of carbonyl (C=O) groups excluding carboxylic acids is 1. The number of hydrogen-bond acceptors (Lipinski definition) is 3. The van der Waals surface area contributed by atoms with Crippen molar-refractivity contribution in [2.45, 2.75) is 39.2 Å². The van der Waals surface area contributed by atoms with Gasteiger partial charge in [0.1, 0.15) is 5.69 Å². The van der Waals surface area contributed by atoms with Gasteiger partial charge in [-0.15, -0.1) is 0 Å². The first-order chi connectivity index (χ1) is 8.66. The summed E-state index contributed by atoms with van der Waals surface area (Å²) >= 11 is 0. The SMILES string of the molecule is CC(C)NC(=O)c1ccc(N2CCCCC2)cn1. The van der Waals surface area contributed by atoms with E-state index in [2.05, 4.69) is 15.2 Å². The van der Waals surface area contributed by atoms with Crippen molar-refractivity contribution < 1.29 is 4.79 Å². The molecule has 1 N–H and O–H groups in total. The van der Waals surface area contributed by atoms with Crippen LogP contribution < -0.4 is 10.2 Å². The standard InChI is InChI=1S/C14H21N3O/c1-11(2)16-14(18)13-7-6-12(10-15-13)17-8-4-3-5-9-17/h6-7,10-11H,3-5,8-9H2,1-2H3,(H,16,18). The molecule has 1 aliphatic rings. The Bertz CT molecular complexity index is 394. The summed E-state index contributed by atoms with van der Waals surface area (Å²) in [6.07, 6.45) is 5.62. The average molecular weight is 247 g/mol. The quantitative estimate of drug-likeness (QED) is 0.890. The van der Waals surface area contributed by atoms with Crippen molar-refractivity contribution in [2.75, 3.05) is 18.0 Å². The van der Waals surface area contributed by atoms with Crippen LogP contribution in [0.25, 0.3) is 0 Å². The normalized spacial score (nSPS) is 15.8. The van der Waals surface area contributed by atoms with Crippen LogP contribution in [-0.2, 0) is 0 Å². The van der Waals surface area contributed by atoms with Crippen molar-refractivity contribution >= 4 is 11.6 Å². The summed E-state index contributed by atoms with van der Waals surface area (Å²) in [4.78, 5) is 18.3. The lowest BCUT2D eigenvalue weighted by molar-refractivity contribution is 0.0938. The van der Waals surface area contributed by atoms with E-state index in [-0.39, 0.29) is 11.9 Å². The molecule has 1 fully saturated rings. The highest BCUT2D eigenvalue weighted by molar-refractivity contribution is 5.92. The molecule has 4 nitrogen and oxygen atoms in total. The highest BCUT2D eigenvalue weighted by Crippen LogP contribution is 2.18. The van der Waals surface area contributed by atoms with Crippen molar-refractivity contribution in [1.82, 2.24) is 10.3 Å². The largest absolute Gasteiger partial charge is 0.370 e. The number of amides is 1. The van der Waals surface area contributed by atoms with Crippen LogP contribution >= 0.6 is 0 Å². The summed E-state index contributed by atoms with van der Waals surface area (Å²) in [5, 5.41) is 2.84. The Morgan fingerprint density at radius 3 is 2.56 bits per heavy atom. The van der Waals surface area contributed by atoms with Crippen molar-refractivity contribution in [1.29, 1.82) is 0 Å². The Labute approximate surface area is 108 Å². The number of carbonyl (C=O) groups is 1. The van der Waals surface area contributed by atoms with Gasteiger partial charge in [0.25, 0.3) is 5.91 Å². The minimum atomic E-state index is -0.102. The van der Waals surface area contributed by atoms with Crippen molar-refractivity contribution in [2.24, 2.45) is 0 Å². The van der Waals surface area contributed by atoms with E-state index in [9.17, 15) is 4.79 Å². The molecule has 0 atom stereocenters. The molecule has 2 rings (SSSR count). The van der Waals surface area contributed by atoms with E-state index in [0.717, 1.165) is 18.8 Å². The topological polar surface area (TPSA) is 45.2 Å². The molecule has 1 saturated heterocycles. The number of anilines is 1. The summed E-state index contributed by atoms with van der Waals surface area (Å²) in [7, 11) is 0. The van der Waals surface area contributed by atoms with Gasteiger partial charge in [0.05, 0.1) is 11.9 Å². The number of hydrogen-bond donors (Lipinski definition) is 1. The zero-order chi connectivity index (χ0) is 13.0. The zero-order valence-electron chi connectivity index (χ0n) is 11.1. The lowest BCUT2D eigenvalue weighted by atomic mass is 10.1. The van der Waals surface area contributed by atoms with Gasteiger partial charge in [0.2, 0.25) is 0 Å². The van der Waals surface area contributed by atoms with Gasteiger partial charge in [0.15, 0.2) is 0 Å². The molecular weight excluding hydrogens is 226 g/mol. The third kappa shape index (κ3) is 3.22. The van der Waals surface area contributed by atoms with Crippen LogP contribution in [0.5, 0.6) is 0 Å². The second kappa shape index (κ2) is 5.85. The summed E-state index contributed by atoms with van der Waals surface area (Å²) in [6, 6.07) is 3.94. The van der Waals surface area contributed by atoms with E-state index >= 15 is 0 Å². The number of pyridine rings is 1. The molecule has 1 aromatic heterocycles. The van der Waals surface area contributed by atoms with Crippen molar-refractivity contribution in [3.05, 3.63) is 24.0 Å². The maximum absolute atomic E-state index is 11.8. The fraction of sp³-hybridized carbons (Fsp3) is 0.571. The maximum atomic E-state index is 11.8. The Morgan fingerprint density at radius 1 is 1.28 bits per heavy atom. The third-order valence-electron chi connectivity index (χ3n) is 3.12. The molecule has 4 heteroatoms. The Hall–Kier alpha value is -1.58. The molecule has 0 saturated carbocycles. The molecule has 0 unspecified atom stereocenters. The predicted molar refractivity (Wildman–Crippen MR) is 72.9 cm³/mol. The van der Waals surface area contributed by atoms with E-state index < -0.39 is 0 Å². The van der Waals surface area contributed by atoms with Gasteiger partial charge in [0, 0.05) is 19.1 Å². The van der Waals surface area contributed by atoms with Gasteiger partial charge in [-0.05, 0) is 45.2 Å². The van der Waals surface area contributed by atoms with Crippen LogP contribution in [0.3, 0.4) is 0 Å². The molecule has 98 valence electrons. The maximum Gasteiger partial charge on any atom is 0.270 e. The Balaban J connectivity index is 2.02. The molecule has 0 aliphatic carbocycles. The molecule has 0 bridgehead atoms. The lowest BCUT2D eigenvalue weighted by Crippen LogP contribution is -2.31. The van der Waals surface area contributed by atoms with E-state index in [4.69, 9.17) is 0 Å². The van der Waals surface area contributed by atoms with Gasteiger partial charge in [-0.3, -0.25) is 4.79 Å². The second-order valence-corrected chi connectivity index (χ2v) is 5.08. The van der Waals surface area contributed by atoms with E-state index in [1.165, 1.54) is 19.3 Å². The number of nitrogens with zero attached hydrogens (tertiary/aromatic N) is 2. The number of rotatable bonds is 3. The minimum absolute atomic E-state index is 0.102. The second-order valence-electron chi connectivity index (χ2n) is 5.08. The molecule has 0 aromatic carbocycles. The van der Waals surface area contributed by atoms with Gasteiger partial charge in [-0.1, -0.05) is 0 Å². The number of piperidine rings is 1. The van der Waals surface area contributed by atoms with Crippen LogP contribution in [0.15, 0.2) is 18.3 Å². The first-order valence-electron chi connectivity index (χ1n) is 6.68. The highest BCUT2D eigenvalue weighted by atomic mass is 16.1. The van der Waals surface area contributed by atoms with Gasteiger partial charge in [-0.2, -0.15) is 0 Å². The first kappa shape index (κ1) is 12.9. The van der Waals surface area contributed by atoms with Gasteiger partial charge >= 0.3 is 0 Å². The van der Waals surface area contributed by atoms with E-state index in [1.54, 1.807) is 6.20 Å².